The summed E-state index contributed by atoms with van der Waals surface area (Å²) >= 11 is 0. The summed E-state index contributed by atoms with van der Waals surface area (Å²) in [5.74, 6) is 1.31. The average molecular weight is 315 g/mol. The number of aromatic hydroxyl groups is 1. The number of rotatable bonds is 2. The zero-order valence-electron chi connectivity index (χ0n) is 14.7. The molecule has 5 rings (SSSR count). The first-order valence-corrected chi connectivity index (χ1v) is 9.04. The minimum Gasteiger partial charge on any atom is -0.508 e. The summed E-state index contributed by atoms with van der Waals surface area (Å²) in [5.41, 5.74) is 2.35. The quantitative estimate of drug-likeness (QED) is 0.881. The molecule has 23 heavy (non-hydrogen) atoms. The Kier molecular flexibility index (Phi) is 3.18. The van der Waals surface area contributed by atoms with Gasteiger partial charge in [-0.1, -0.05) is 13.0 Å². The molecule has 2 aliphatic carbocycles. The topological polar surface area (TPSA) is 43.7 Å². The standard InChI is InChI=1S/C20H29NO2/c1-5-20-11-18-15(19(2,3)23)10-16(20)17(21(18)4)8-12-6-7-13(22)9-14(12)20/h6-7,9,15-18,22-23H,5,8,10-11H2,1-4H3. The summed E-state index contributed by atoms with van der Waals surface area (Å²) in [6.07, 6.45) is 4.40. The van der Waals surface area contributed by atoms with Crippen LogP contribution in [0, 0.1) is 11.8 Å². The second-order valence-electron chi connectivity index (χ2n) is 8.66. The van der Waals surface area contributed by atoms with Crippen molar-refractivity contribution in [1.29, 1.82) is 0 Å². The Morgan fingerprint density at radius 3 is 2.70 bits per heavy atom. The van der Waals surface area contributed by atoms with Crippen molar-refractivity contribution >= 4 is 0 Å². The molecule has 2 N–H and O–H groups in total. The molecule has 5 atom stereocenters. The van der Waals surface area contributed by atoms with Crippen LogP contribution in [0.5, 0.6) is 5.75 Å². The highest BCUT2D eigenvalue weighted by molar-refractivity contribution is 5.46. The van der Waals surface area contributed by atoms with Crippen molar-refractivity contribution in [2.75, 3.05) is 7.05 Å². The number of fused-ring (bicyclic) bond motifs is 2. The van der Waals surface area contributed by atoms with Gasteiger partial charge in [0, 0.05) is 23.4 Å². The molecule has 3 fully saturated rings. The van der Waals surface area contributed by atoms with E-state index in [0.717, 1.165) is 25.7 Å². The number of hydrogen-bond donors (Lipinski definition) is 2. The molecule has 3 nitrogen and oxygen atoms in total. The third kappa shape index (κ3) is 1.96. The van der Waals surface area contributed by atoms with Crippen LogP contribution in [0.3, 0.4) is 0 Å². The Balaban J connectivity index is 1.85. The van der Waals surface area contributed by atoms with Gasteiger partial charge in [-0.25, -0.2) is 0 Å². The largest absolute Gasteiger partial charge is 0.508 e. The molecule has 3 heteroatoms. The fraction of sp³-hybridized carbons (Fsp3) is 0.700. The third-order valence-electron chi connectivity index (χ3n) is 7.36. The lowest BCUT2D eigenvalue weighted by atomic mass is 9.47. The monoisotopic (exact) mass is 315 g/mol. The minimum absolute atomic E-state index is 0.177. The maximum absolute atomic E-state index is 10.7. The second kappa shape index (κ2) is 4.73. The van der Waals surface area contributed by atoms with Crippen LogP contribution in [0.2, 0.25) is 0 Å². The van der Waals surface area contributed by atoms with Gasteiger partial charge < -0.3 is 10.2 Å². The second-order valence-corrected chi connectivity index (χ2v) is 8.66. The summed E-state index contributed by atoms with van der Waals surface area (Å²) in [4.78, 5) is 2.56. The van der Waals surface area contributed by atoms with E-state index in [1.807, 2.05) is 26.0 Å². The Bertz CT molecular complexity index is 635. The maximum atomic E-state index is 10.7. The molecule has 2 aliphatic heterocycles. The predicted octanol–water partition coefficient (Wildman–Crippen LogP) is 3.08. The van der Waals surface area contributed by atoms with Crippen molar-refractivity contribution in [3.63, 3.8) is 0 Å². The molecule has 0 radical (unpaired) electrons. The summed E-state index contributed by atoms with van der Waals surface area (Å²) in [7, 11) is 2.26. The van der Waals surface area contributed by atoms with Crippen LogP contribution >= 0.6 is 0 Å². The third-order valence-corrected chi connectivity index (χ3v) is 7.36. The summed E-state index contributed by atoms with van der Waals surface area (Å²) in [6, 6.07) is 6.99. The van der Waals surface area contributed by atoms with Gasteiger partial charge in [0.25, 0.3) is 0 Å². The van der Waals surface area contributed by atoms with E-state index in [2.05, 4.69) is 24.9 Å². The van der Waals surface area contributed by atoms with Crippen molar-refractivity contribution in [2.24, 2.45) is 11.8 Å². The van der Waals surface area contributed by atoms with Crippen molar-refractivity contribution in [1.82, 2.24) is 4.90 Å². The van der Waals surface area contributed by atoms with E-state index in [0.29, 0.717) is 29.7 Å². The Morgan fingerprint density at radius 2 is 2.04 bits per heavy atom. The number of phenolic OH excluding ortho intramolecular Hbond substituents is 1. The van der Waals surface area contributed by atoms with Gasteiger partial charge in [-0.2, -0.15) is 0 Å². The SMILES string of the molecule is CCC12CC3C(C(C)(C)O)CC1C(Cc1ccc(O)cc12)N3C. The molecule has 2 heterocycles. The van der Waals surface area contributed by atoms with E-state index in [1.165, 1.54) is 11.1 Å². The average Bonchev–Trinajstić information content (AvgIpc) is 2.50. The van der Waals surface area contributed by atoms with Crippen molar-refractivity contribution in [3.05, 3.63) is 29.3 Å². The van der Waals surface area contributed by atoms with E-state index in [4.69, 9.17) is 0 Å². The molecule has 1 aromatic carbocycles. The number of piperidine rings is 2. The fourth-order valence-electron chi connectivity index (χ4n) is 6.19. The highest BCUT2D eigenvalue weighted by Crippen LogP contribution is 2.60. The Labute approximate surface area is 139 Å². The minimum atomic E-state index is -0.622. The zero-order chi connectivity index (χ0) is 16.6. The van der Waals surface area contributed by atoms with Crippen molar-refractivity contribution in [3.8, 4) is 5.75 Å². The summed E-state index contributed by atoms with van der Waals surface area (Å²) < 4.78 is 0. The van der Waals surface area contributed by atoms with Gasteiger partial charge >= 0.3 is 0 Å². The van der Waals surface area contributed by atoms with Gasteiger partial charge in [0.1, 0.15) is 5.75 Å². The zero-order valence-corrected chi connectivity index (χ0v) is 14.7. The lowest BCUT2D eigenvalue weighted by Crippen LogP contribution is -2.70. The van der Waals surface area contributed by atoms with E-state index >= 15 is 0 Å². The van der Waals surface area contributed by atoms with E-state index in [-0.39, 0.29) is 5.41 Å². The highest BCUT2D eigenvalue weighted by atomic mass is 16.3. The number of benzene rings is 1. The van der Waals surface area contributed by atoms with Crippen LogP contribution in [-0.2, 0) is 11.8 Å². The van der Waals surface area contributed by atoms with Crippen LogP contribution < -0.4 is 0 Å². The number of nitrogens with zero attached hydrogens (tertiary/aromatic N) is 1. The molecular formula is C20H29NO2. The lowest BCUT2D eigenvalue weighted by Gasteiger charge is -2.66. The van der Waals surface area contributed by atoms with Crippen LogP contribution in [-0.4, -0.2) is 39.8 Å². The van der Waals surface area contributed by atoms with Gasteiger partial charge in [-0.3, -0.25) is 4.90 Å². The molecule has 4 aliphatic rings. The van der Waals surface area contributed by atoms with E-state index in [9.17, 15) is 10.2 Å². The predicted molar refractivity (Wildman–Crippen MR) is 91.6 cm³/mol. The number of phenols is 1. The molecular weight excluding hydrogens is 286 g/mol. The summed E-state index contributed by atoms with van der Waals surface area (Å²) in [5, 5.41) is 20.7. The van der Waals surface area contributed by atoms with Crippen LogP contribution in [0.15, 0.2) is 18.2 Å². The van der Waals surface area contributed by atoms with Crippen LogP contribution in [0.4, 0.5) is 0 Å². The first-order chi connectivity index (χ1) is 10.8. The van der Waals surface area contributed by atoms with Gasteiger partial charge in [-0.05, 0) is 75.8 Å². The van der Waals surface area contributed by atoms with Gasteiger partial charge in [0.2, 0.25) is 0 Å². The molecule has 1 saturated carbocycles. The lowest BCUT2D eigenvalue weighted by molar-refractivity contribution is -0.148. The number of likely N-dealkylation sites (N-methyl/N-ethyl adjacent to an activating group) is 1. The van der Waals surface area contributed by atoms with Crippen LogP contribution in [0.25, 0.3) is 0 Å². The number of hydrogen-bond acceptors (Lipinski definition) is 3. The molecule has 5 unspecified atom stereocenters. The molecule has 4 bridgehead atoms. The molecule has 2 saturated heterocycles. The first-order valence-electron chi connectivity index (χ1n) is 9.04. The molecule has 0 aromatic heterocycles. The van der Waals surface area contributed by atoms with Gasteiger partial charge in [0.05, 0.1) is 5.60 Å². The van der Waals surface area contributed by atoms with Crippen molar-refractivity contribution < 1.29 is 10.2 Å². The Morgan fingerprint density at radius 1 is 1.30 bits per heavy atom. The van der Waals surface area contributed by atoms with E-state index in [1.54, 1.807) is 0 Å². The smallest absolute Gasteiger partial charge is 0.115 e. The van der Waals surface area contributed by atoms with Crippen LogP contribution in [0.1, 0.15) is 51.2 Å². The molecule has 1 aromatic rings. The number of aliphatic hydroxyl groups is 1. The summed E-state index contributed by atoms with van der Waals surface area (Å²) in [6.45, 7) is 6.25. The molecule has 0 spiro atoms. The highest BCUT2D eigenvalue weighted by Gasteiger charge is 2.61. The maximum Gasteiger partial charge on any atom is 0.115 e. The molecule has 0 amide bonds. The normalized spacial score (nSPS) is 39.3. The fourth-order valence-corrected chi connectivity index (χ4v) is 6.19. The van der Waals surface area contributed by atoms with Gasteiger partial charge in [0.15, 0.2) is 0 Å². The Hall–Kier alpha value is -1.06. The van der Waals surface area contributed by atoms with Gasteiger partial charge in [-0.15, -0.1) is 0 Å². The van der Waals surface area contributed by atoms with Crippen molar-refractivity contribution in [2.45, 2.75) is 69.6 Å². The first kappa shape index (κ1) is 15.5. The molecule has 126 valence electrons. The van der Waals surface area contributed by atoms with E-state index < -0.39 is 5.60 Å².